The summed E-state index contributed by atoms with van der Waals surface area (Å²) in [6.07, 6.45) is -0.0421. The van der Waals surface area contributed by atoms with E-state index in [0.29, 0.717) is 48.0 Å². The monoisotopic (exact) mass is 512 g/mol. The Kier molecular flexibility index (Phi) is 7.17. The number of anilines is 1. The van der Waals surface area contributed by atoms with Crippen LogP contribution >= 0.6 is 0 Å². The third kappa shape index (κ3) is 5.55. The molecule has 0 unspecified atom stereocenters. The zero-order valence-corrected chi connectivity index (χ0v) is 22.2. The Balaban J connectivity index is 1.91. The highest BCUT2D eigenvalue weighted by Gasteiger charge is 2.33. The molecule has 0 atom stereocenters. The lowest BCUT2D eigenvalue weighted by Gasteiger charge is -2.30. The third-order valence-corrected chi connectivity index (χ3v) is 6.01. The third-order valence-electron chi connectivity index (χ3n) is 6.01. The number of ether oxygens (including phenoxy) is 2. The SMILES string of the molecule is Cc1cccc(OCC(C)C)c1-n1nc2c(c1-c1cc(F)c(N)cc1F)CN(C(=O)OC(C)(C)C)CC2. The minimum atomic E-state index is -0.737. The summed E-state index contributed by atoms with van der Waals surface area (Å²) in [7, 11) is 0. The van der Waals surface area contributed by atoms with Gasteiger partial charge in [-0.3, -0.25) is 0 Å². The number of para-hydroxylation sites is 1. The number of carbonyl (C=O) groups excluding carboxylic acids is 1. The Morgan fingerprint density at radius 2 is 1.92 bits per heavy atom. The quantitative estimate of drug-likeness (QED) is 0.422. The van der Waals surface area contributed by atoms with E-state index in [1.165, 1.54) is 0 Å². The number of nitrogens with zero attached hydrogens (tertiary/aromatic N) is 3. The second-order valence-corrected chi connectivity index (χ2v) is 10.8. The van der Waals surface area contributed by atoms with Crippen molar-refractivity contribution in [2.75, 3.05) is 18.9 Å². The van der Waals surface area contributed by atoms with E-state index in [0.717, 1.165) is 17.7 Å². The van der Waals surface area contributed by atoms with Crippen LogP contribution in [0.25, 0.3) is 16.9 Å². The van der Waals surface area contributed by atoms with Crippen molar-refractivity contribution >= 4 is 11.8 Å². The van der Waals surface area contributed by atoms with E-state index in [-0.39, 0.29) is 23.7 Å². The molecule has 7 nitrogen and oxygen atoms in total. The van der Waals surface area contributed by atoms with Gasteiger partial charge in [-0.1, -0.05) is 26.0 Å². The average molecular weight is 513 g/mol. The fourth-order valence-electron chi connectivity index (χ4n) is 4.31. The van der Waals surface area contributed by atoms with E-state index in [1.807, 2.05) is 39.0 Å². The number of aromatic nitrogens is 2. The number of aryl methyl sites for hydroxylation is 1. The van der Waals surface area contributed by atoms with Crippen LogP contribution in [-0.2, 0) is 17.7 Å². The van der Waals surface area contributed by atoms with Gasteiger partial charge in [0.15, 0.2) is 0 Å². The summed E-state index contributed by atoms with van der Waals surface area (Å²) in [5.74, 6) is -0.561. The Bertz CT molecular complexity index is 1330. The number of hydrogen-bond acceptors (Lipinski definition) is 5. The van der Waals surface area contributed by atoms with Gasteiger partial charge in [0.2, 0.25) is 0 Å². The molecule has 9 heteroatoms. The molecule has 2 heterocycles. The zero-order valence-electron chi connectivity index (χ0n) is 22.2. The normalized spacial score (nSPS) is 13.6. The van der Waals surface area contributed by atoms with Crippen LogP contribution in [-0.4, -0.2) is 39.5 Å². The van der Waals surface area contributed by atoms with Crippen LogP contribution in [0.3, 0.4) is 0 Å². The van der Waals surface area contributed by atoms with Crippen molar-refractivity contribution in [1.29, 1.82) is 0 Å². The topological polar surface area (TPSA) is 82.6 Å². The molecule has 2 aromatic carbocycles. The highest BCUT2D eigenvalue weighted by Crippen LogP contribution is 2.39. The average Bonchev–Trinajstić information content (AvgIpc) is 3.16. The zero-order chi connectivity index (χ0) is 27.1. The summed E-state index contributed by atoms with van der Waals surface area (Å²) in [4.78, 5) is 14.4. The lowest BCUT2D eigenvalue weighted by Crippen LogP contribution is -2.39. The number of halogens is 2. The van der Waals surface area contributed by atoms with Crippen molar-refractivity contribution in [2.24, 2.45) is 5.92 Å². The van der Waals surface area contributed by atoms with Gasteiger partial charge >= 0.3 is 6.09 Å². The van der Waals surface area contributed by atoms with Crippen molar-refractivity contribution in [2.45, 2.75) is 60.1 Å². The number of carbonyl (C=O) groups is 1. The molecule has 1 amide bonds. The van der Waals surface area contributed by atoms with Crippen LogP contribution in [0, 0.1) is 24.5 Å². The van der Waals surface area contributed by atoms with Crippen molar-refractivity contribution < 1.29 is 23.0 Å². The molecule has 0 saturated heterocycles. The molecule has 0 saturated carbocycles. The second-order valence-electron chi connectivity index (χ2n) is 10.8. The molecular formula is C28H34F2N4O3. The van der Waals surface area contributed by atoms with E-state index in [1.54, 1.807) is 30.4 Å². The van der Waals surface area contributed by atoms with E-state index in [9.17, 15) is 9.18 Å². The second kappa shape index (κ2) is 10.0. The van der Waals surface area contributed by atoms with E-state index >= 15 is 4.39 Å². The number of hydrogen-bond donors (Lipinski definition) is 1. The highest BCUT2D eigenvalue weighted by molar-refractivity contribution is 5.74. The summed E-state index contributed by atoms with van der Waals surface area (Å²) >= 11 is 0. The lowest BCUT2D eigenvalue weighted by atomic mass is 9.99. The van der Waals surface area contributed by atoms with Crippen LogP contribution in [0.4, 0.5) is 19.3 Å². The number of rotatable bonds is 5. The lowest BCUT2D eigenvalue weighted by molar-refractivity contribution is 0.0224. The summed E-state index contributed by atoms with van der Waals surface area (Å²) in [6.45, 7) is 12.4. The maximum absolute atomic E-state index is 15.4. The predicted octanol–water partition coefficient (Wildman–Crippen LogP) is 6.04. The Hall–Kier alpha value is -3.62. The molecule has 37 heavy (non-hydrogen) atoms. The Labute approximate surface area is 216 Å². The highest BCUT2D eigenvalue weighted by atomic mass is 19.1. The summed E-state index contributed by atoms with van der Waals surface area (Å²) in [5, 5.41) is 4.85. The van der Waals surface area contributed by atoms with Crippen LogP contribution in [0.1, 0.15) is 51.4 Å². The van der Waals surface area contributed by atoms with Gasteiger partial charge in [-0.25, -0.2) is 18.3 Å². The standard InChI is InChI=1S/C28H34F2N4O3/c1-16(2)15-36-24-9-7-8-17(3)25(24)34-26(18-12-21(30)22(31)13-20(18)29)19-14-33(11-10-23(19)32-34)27(35)37-28(4,5)6/h7-9,12-13,16H,10-11,14-15,31H2,1-6H3. The fourth-order valence-corrected chi connectivity index (χ4v) is 4.31. The van der Waals surface area contributed by atoms with Crippen LogP contribution in [0.2, 0.25) is 0 Å². The van der Waals surface area contributed by atoms with E-state index in [2.05, 4.69) is 0 Å². The first kappa shape index (κ1) is 26.4. The van der Waals surface area contributed by atoms with Gasteiger partial charge in [-0.05, 0) is 51.3 Å². The van der Waals surface area contributed by atoms with Crippen LogP contribution in [0.15, 0.2) is 30.3 Å². The van der Waals surface area contributed by atoms with Crippen LogP contribution in [0.5, 0.6) is 5.75 Å². The van der Waals surface area contributed by atoms with Gasteiger partial charge in [0.1, 0.15) is 28.7 Å². The van der Waals surface area contributed by atoms with Gasteiger partial charge in [0, 0.05) is 30.2 Å². The fraction of sp³-hybridized carbons (Fsp3) is 0.429. The summed E-state index contributed by atoms with van der Waals surface area (Å²) < 4.78 is 43.3. The molecule has 3 aromatic rings. The Morgan fingerprint density at radius 1 is 1.19 bits per heavy atom. The molecule has 0 aliphatic carbocycles. The van der Waals surface area contributed by atoms with Crippen molar-refractivity contribution in [1.82, 2.24) is 14.7 Å². The number of nitrogens with two attached hydrogens (primary N) is 1. The smallest absolute Gasteiger partial charge is 0.410 e. The molecule has 0 spiro atoms. The predicted molar refractivity (Wildman–Crippen MR) is 139 cm³/mol. The molecule has 0 bridgehead atoms. The summed E-state index contributed by atoms with van der Waals surface area (Å²) in [6, 6.07) is 7.68. The molecule has 0 fully saturated rings. The molecule has 2 N–H and O–H groups in total. The minimum absolute atomic E-state index is 0.00421. The van der Waals surface area contributed by atoms with Gasteiger partial charge in [-0.15, -0.1) is 0 Å². The first-order valence-corrected chi connectivity index (χ1v) is 12.4. The molecule has 0 radical (unpaired) electrons. The maximum Gasteiger partial charge on any atom is 0.410 e. The molecule has 1 aliphatic rings. The number of fused-ring (bicyclic) bond motifs is 1. The first-order chi connectivity index (χ1) is 17.4. The first-order valence-electron chi connectivity index (χ1n) is 12.4. The van der Waals surface area contributed by atoms with E-state index in [4.69, 9.17) is 20.3 Å². The van der Waals surface area contributed by atoms with Gasteiger partial charge in [-0.2, -0.15) is 5.10 Å². The van der Waals surface area contributed by atoms with E-state index < -0.39 is 23.3 Å². The minimum Gasteiger partial charge on any atom is -0.491 e. The number of amides is 1. The maximum atomic E-state index is 15.4. The van der Waals surface area contributed by atoms with Crippen molar-refractivity contribution in [3.63, 3.8) is 0 Å². The van der Waals surface area contributed by atoms with Crippen molar-refractivity contribution in [3.05, 3.63) is 58.8 Å². The Morgan fingerprint density at radius 3 is 2.59 bits per heavy atom. The molecular weight excluding hydrogens is 478 g/mol. The molecule has 198 valence electrons. The number of benzene rings is 2. The van der Waals surface area contributed by atoms with Gasteiger partial charge in [0.25, 0.3) is 0 Å². The van der Waals surface area contributed by atoms with Gasteiger partial charge in [0.05, 0.1) is 30.2 Å². The van der Waals surface area contributed by atoms with Crippen molar-refractivity contribution in [3.8, 4) is 22.7 Å². The number of nitrogen functional groups attached to an aromatic ring is 1. The molecule has 1 aliphatic heterocycles. The largest absolute Gasteiger partial charge is 0.491 e. The molecule has 4 rings (SSSR count). The molecule has 1 aromatic heterocycles. The summed E-state index contributed by atoms with van der Waals surface area (Å²) in [5.41, 5.74) is 7.85. The van der Waals surface area contributed by atoms with Crippen LogP contribution < -0.4 is 10.5 Å². The van der Waals surface area contributed by atoms with Gasteiger partial charge < -0.3 is 20.1 Å².